The number of carbonyl (C=O) groups excluding carboxylic acids is 2. The Morgan fingerprint density at radius 2 is 2.03 bits per heavy atom. The van der Waals surface area contributed by atoms with Crippen LogP contribution in [-0.4, -0.2) is 28.2 Å². The lowest BCUT2D eigenvalue weighted by Crippen LogP contribution is -2.38. The lowest BCUT2D eigenvalue weighted by molar-refractivity contribution is -0.131. The summed E-state index contributed by atoms with van der Waals surface area (Å²) in [6, 6.07) is 9.85. The molecule has 0 fully saturated rings. The van der Waals surface area contributed by atoms with Gasteiger partial charge in [-0.05, 0) is 59.5 Å². The molecule has 2 aromatic heterocycles. The Bertz CT molecular complexity index is 1080. The second-order valence-electron chi connectivity index (χ2n) is 7.69. The fourth-order valence-corrected chi connectivity index (χ4v) is 4.55. The summed E-state index contributed by atoms with van der Waals surface area (Å²) in [6.07, 6.45) is 3.08. The SMILES string of the molecule is Cc1ccccc1CC(=O)N1CCc2c(cnc(C)c2CNC(=O)c2ccsc2)C1. The fourth-order valence-electron chi connectivity index (χ4n) is 3.92. The zero-order chi connectivity index (χ0) is 21.1. The predicted octanol–water partition coefficient (Wildman–Crippen LogP) is 3.82. The minimum absolute atomic E-state index is 0.0703. The zero-order valence-electron chi connectivity index (χ0n) is 17.3. The molecule has 3 heterocycles. The molecule has 1 aromatic carbocycles. The van der Waals surface area contributed by atoms with E-state index < -0.39 is 0 Å². The van der Waals surface area contributed by atoms with Crippen LogP contribution in [0.15, 0.2) is 47.3 Å². The molecule has 1 N–H and O–H groups in total. The number of hydrogen-bond donors (Lipinski definition) is 1. The van der Waals surface area contributed by atoms with Crippen LogP contribution < -0.4 is 5.32 Å². The minimum Gasteiger partial charge on any atom is -0.348 e. The maximum Gasteiger partial charge on any atom is 0.252 e. The lowest BCUT2D eigenvalue weighted by atomic mass is 9.94. The highest BCUT2D eigenvalue weighted by atomic mass is 32.1. The van der Waals surface area contributed by atoms with Crippen molar-refractivity contribution in [3.63, 3.8) is 0 Å². The highest BCUT2D eigenvalue weighted by Gasteiger charge is 2.24. The minimum atomic E-state index is -0.0703. The van der Waals surface area contributed by atoms with Crippen molar-refractivity contribution in [3.8, 4) is 0 Å². The van der Waals surface area contributed by atoms with Crippen LogP contribution in [0.4, 0.5) is 0 Å². The Morgan fingerprint density at radius 3 is 2.80 bits per heavy atom. The number of fused-ring (bicyclic) bond motifs is 1. The molecule has 2 amide bonds. The average Bonchev–Trinajstić information content (AvgIpc) is 3.29. The molecule has 4 rings (SSSR count). The Labute approximate surface area is 180 Å². The first-order valence-electron chi connectivity index (χ1n) is 10.1. The van der Waals surface area contributed by atoms with Gasteiger partial charge in [0.15, 0.2) is 0 Å². The molecule has 0 unspecified atom stereocenters. The van der Waals surface area contributed by atoms with Gasteiger partial charge in [0, 0.05) is 42.5 Å². The monoisotopic (exact) mass is 419 g/mol. The van der Waals surface area contributed by atoms with Gasteiger partial charge in [0.1, 0.15) is 0 Å². The van der Waals surface area contributed by atoms with Gasteiger partial charge in [0.25, 0.3) is 5.91 Å². The molecule has 0 saturated carbocycles. The summed E-state index contributed by atoms with van der Waals surface area (Å²) in [5.41, 5.74) is 7.19. The third-order valence-corrected chi connectivity index (χ3v) is 6.44. The number of nitrogens with zero attached hydrogens (tertiary/aromatic N) is 2. The fraction of sp³-hybridized carbons (Fsp3) is 0.292. The lowest BCUT2D eigenvalue weighted by Gasteiger charge is -2.31. The van der Waals surface area contributed by atoms with Gasteiger partial charge < -0.3 is 10.2 Å². The van der Waals surface area contributed by atoms with E-state index in [9.17, 15) is 9.59 Å². The topological polar surface area (TPSA) is 62.3 Å². The number of pyridine rings is 1. The van der Waals surface area contributed by atoms with Crippen molar-refractivity contribution in [2.75, 3.05) is 6.54 Å². The van der Waals surface area contributed by atoms with E-state index in [1.54, 1.807) is 0 Å². The van der Waals surface area contributed by atoms with E-state index in [0.717, 1.165) is 34.4 Å². The third-order valence-electron chi connectivity index (χ3n) is 5.76. The molecule has 3 aromatic rings. The number of aromatic nitrogens is 1. The molecule has 0 bridgehead atoms. The molecule has 5 nitrogen and oxygen atoms in total. The number of benzene rings is 1. The first kappa shape index (κ1) is 20.3. The molecule has 1 aliphatic rings. The van der Waals surface area contributed by atoms with E-state index in [0.29, 0.717) is 31.6 Å². The van der Waals surface area contributed by atoms with Crippen LogP contribution in [0.1, 0.15) is 43.9 Å². The summed E-state index contributed by atoms with van der Waals surface area (Å²) in [7, 11) is 0. The third kappa shape index (κ3) is 4.28. The van der Waals surface area contributed by atoms with Crippen molar-refractivity contribution in [2.45, 2.75) is 39.8 Å². The number of amides is 2. The van der Waals surface area contributed by atoms with Crippen molar-refractivity contribution >= 4 is 23.2 Å². The van der Waals surface area contributed by atoms with E-state index in [1.807, 2.05) is 66.0 Å². The highest BCUT2D eigenvalue weighted by Crippen LogP contribution is 2.25. The van der Waals surface area contributed by atoms with E-state index in [4.69, 9.17) is 0 Å². The summed E-state index contributed by atoms with van der Waals surface area (Å²) in [4.78, 5) is 31.7. The Hall–Kier alpha value is -2.99. The maximum absolute atomic E-state index is 12.9. The van der Waals surface area contributed by atoms with Crippen molar-refractivity contribution in [1.82, 2.24) is 15.2 Å². The van der Waals surface area contributed by atoms with Gasteiger partial charge in [0.2, 0.25) is 5.91 Å². The van der Waals surface area contributed by atoms with Gasteiger partial charge >= 0.3 is 0 Å². The standard InChI is InChI=1S/C24H25N3O2S/c1-16-5-3-4-6-18(16)11-23(28)27-9-7-21-20(14-27)12-25-17(2)22(21)13-26-24(29)19-8-10-30-15-19/h3-6,8,10,12,15H,7,9,11,13-14H2,1-2H3,(H,26,29). The zero-order valence-corrected chi connectivity index (χ0v) is 18.1. The van der Waals surface area contributed by atoms with Crippen molar-refractivity contribution in [1.29, 1.82) is 0 Å². The van der Waals surface area contributed by atoms with Gasteiger partial charge in [-0.1, -0.05) is 24.3 Å². The van der Waals surface area contributed by atoms with Gasteiger partial charge in [0.05, 0.1) is 6.42 Å². The quantitative estimate of drug-likeness (QED) is 0.684. The summed E-state index contributed by atoms with van der Waals surface area (Å²) in [5, 5.41) is 6.76. The summed E-state index contributed by atoms with van der Waals surface area (Å²) >= 11 is 1.51. The molecule has 154 valence electrons. The molecule has 1 aliphatic heterocycles. The number of carbonyl (C=O) groups is 2. The summed E-state index contributed by atoms with van der Waals surface area (Å²) < 4.78 is 0. The van der Waals surface area contributed by atoms with Crippen LogP contribution in [0, 0.1) is 13.8 Å². The molecule has 30 heavy (non-hydrogen) atoms. The summed E-state index contributed by atoms with van der Waals surface area (Å²) in [5.74, 6) is 0.0712. The van der Waals surface area contributed by atoms with Crippen LogP contribution in [0.3, 0.4) is 0 Å². The number of nitrogens with one attached hydrogen (secondary N) is 1. The van der Waals surface area contributed by atoms with Gasteiger partial charge in [-0.25, -0.2) is 0 Å². The second-order valence-corrected chi connectivity index (χ2v) is 8.47. The Balaban J connectivity index is 1.46. The van der Waals surface area contributed by atoms with Crippen LogP contribution in [0.2, 0.25) is 0 Å². The van der Waals surface area contributed by atoms with E-state index in [-0.39, 0.29) is 11.8 Å². The molecule has 6 heteroatoms. The molecule has 0 atom stereocenters. The number of thiophene rings is 1. The molecular formula is C24H25N3O2S. The van der Waals surface area contributed by atoms with Crippen LogP contribution >= 0.6 is 11.3 Å². The first-order chi connectivity index (χ1) is 14.5. The van der Waals surface area contributed by atoms with Crippen molar-refractivity contribution in [2.24, 2.45) is 0 Å². The normalized spacial score (nSPS) is 13.1. The van der Waals surface area contributed by atoms with Gasteiger partial charge in [-0.2, -0.15) is 11.3 Å². The first-order valence-corrected chi connectivity index (χ1v) is 11.1. The van der Waals surface area contributed by atoms with Crippen molar-refractivity contribution < 1.29 is 9.59 Å². The molecule has 0 saturated heterocycles. The Kier molecular flexibility index (Phi) is 5.95. The van der Waals surface area contributed by atoms with E-state index in [1.165, 1.54) is 16.9 Å². The molecular weight excluding hydrogens is 394 g/mol. The largest absolute Gasteiger partial charge is 0.348 e. The number of hydrogen-bond acceptors (Lipinski definition) is 4. The Morgan fingerprint density at radius 1 is 1.20 bits per heavy atom. The van der Waals surface area contributed by atoms with Gasteiger partial charge in [-0.15, -0.1) is 0 Å². The van der Waals surface area contributed by atoms with E-state index in [2.05, 4.69) is 10.3 Å². The average molecular weight is 420 g/mol. The van der Waals surface area contributed by atoms with Gasteiger partial charge in [-0.3, -0.25) is 14.6 Å². The van der Waals surface area contributed by atoms with E-state index >= 15 is 0 Å². The molecule has 0 aliphatic carbocycles. The van der Waals surface area contributed by atoms with Crippen LogP contribution in [-0.2, 0) is 30.7 Å². The second kappa shape index (κ2) is 8.79. The maximum atomic E-state index is 12.9. The summed E-state index contributed by atoms with van der Waals surface area (Å²) in [6.45, 7) is 5.72. The number of rotatable bonds is 5. The van der Waals surface area contributed by atoms with Crippen molar-refractivity contribution in [3.05, 3.63) is 86.4 Å². The van der Waals surface area contributed by atoms with Crippen LogP contribution in [0.5, 0.6) is 0 Å². The smallest absolute Gasteiger partial charge is 0.252 e. The predicted molar refractivity (Wildman–Crippen MR) is 118 cm³/mol. The molecule has 0 spiro atoms. The molecule has 0 radical (unpaired) electrons. The number of aryl methyl sites for hydroxylation is 2. The van der Waals surface area contributed by atoms with Crippen LogP contribution in [0.25, 0.3) is 0 Å². The highest BCUT2D eigenvalue weighted by molar-refractivity contribution is 7.08.